The molecule has 0 fully saturated rings. The molecule has 0 aliphatic heterocycles. The molecule has 0 aliphatic rings. The lowest BCUT2D eigenvalue weighted by Gasteiger charge is -2.20. The minimum absolute atomic E-state index is 0.619. The molecule has 13 heavy (non-hydrogen) atoms. The molecule has 2 N–H and O–H groups in total. The van der Waals surface area contributed by atoms with Crippen LogP contribution < -0.4 is 0 Å². The van der Waals surface area contributed by atoms with Crippen LogP contribution in [0.1, 0.15) is 6.92 Å². The molecule has 1 unspecified atom stereocenters. The molecular formula is C4H6F3O5P. The number of ether oxygens (including phenoxy) is 1. The van der Waals surface area contributed by atoms with Crippen LogP contribution in [-0.4, -0.2) is 27.8 Å². The Bertz CT molecular complexity index is 243. The molecule has 0 spiro atoms. The first-order valence-electron chi connectivity index (χ1n) is 2.84. The second kappa shape index (κ2) is 3.65. The third kappa shape index (κ3) is 4.25. The van der Waals surface area contributed by atoms with Gasteiger partial charge < -0.3 is 14.5 Å². The zero-order valence-corrected chi connectivity index (χ0v) is 7.17. The summed E-state index contributed by atoms with van der Waals surface area (Å²) in [6.07, 6.45) is -5.27. The minimum atomic E-state index is -5.52. The molecule has 78 valence electrons. The van der Waals surface area contributed by atoms with Crippen LogP contribution >= 0.6 is 7.60 Å². The molecule has 0 aromatic carbocycles. The number of alkyl halides is 3. The maximum Gasteiger partial charge on any atom is 0.437 e. The standard InChI is InChI=1S/C4H6F3O5P/c1-2(8)12-3(4(5,6)7)13(9,10)11/h3H,1H3,(H2,9,10,11). The highest BCUT2D eigenvalue weighted by Gasteiger charge is 2.53. The fraction of sp³-hybridized carbons (Fsp3) is 0.750. The van der Waals surface area contributed by atoms with E-state index in [-0.39, 0.29) is 0 Å². The van der Waals surface area contributed by atoms with Gasteiger partial charge in [0.25, 0.3) is 5.85 Å². The Morgan fingerprint density at radius 2 is 1.85 bits per heavy atom. The smallest absolute Gasteiger partial charge is 0.437 e. The summed E-state index contributed by atoms with van der Waals surface area (Å²) in [5.41, 5.74) is 0. The number of hydrogen-bond donors (Lipinski definition) is 2. The fourth-order valence-corrected chi connectivity index (χ4v) is 1.15. The van der Waals surface area contributed by atoms with Crippen LogP contribution in [0, 0.1) is 0 Å². The third-order valence-corrected chi connectivity index (χ3v) is 1.87. The Morgan fingerprint density at radius 3 is 1.92 bits per heavy atom. The van der Waals surface area contributed by atoms with E-state index in [0.717, 1.165) is 0 Å². The van der Waals surface area contributed by atoms with Gasteiger partial charge in [-0.25, -0.2) is 0 Å². The van der Waals surface area contributed by atoms with Crippen LogP contribution in [0.3, 0.4) is 0 Å². The van der Waals surface area contributed by atoms with Crippen molar-refractivity contribution in [2.24, 2.45) is 0 Å². The molecule has 1 atom stereocenters. The van der Waals surface area contributed by atoms with Crippen molar-refractivity contribution >= 4 is 13.6 Å². The van der Waals surface area contributed by atoms with Gasteiger partial charge in [0.2, 0.25) is 0 Å². The van der Waals surface area contributed by atoms with Gasteiger partial charge >= 0.3 is 19.7 Å². The predicted molar refractivity (Wildman–Crippen MR) is 33.7 cm³/mol. The lowest BCUT2D eigenvalue weighted by molar-refractivity contribution is -0.201. The third-order valence-electron chi connectivity index (χ3n) is 0.863. The largest absolute Gasteiger partial charge is 0.440 e. The van der Waals surface area contributed by atoms with Crippen molar-refractivity contribution in [3.05, 3.63) is 0 Å². The van der Waals surface area contributed by atoms with Crippen molar-refractivity contribution < 1.29 is 37.1 Å². The first-order chi connectivity index (χ1) is 5.55. The summed E-state index contributed by atoms with van der Waals surface area (Å²) in [6, 6.07) is 0. The van der Waals surface area contributed by atoms with E-state index >= 15 is 0 Å². The molecule has 0 rings (SSSR count). The van der Waals surface area contributed by atoms with E-state index in [9.17, 15) is 22.5 Å². The summed E-state index contributed by atoms with van der Waals surface area (Å²) in [6.45, 7) is 0.619. The van der Waals surface area contributed by atoms with Gasteiger partial charge in [-0.3, -0.25) is 9.36 Å². The topological polar surface area (TPSA) is 83.8 Å². The first-order valence-corrected chi connectivity index (χ1v) is 4.52. The van der Waals surface area contributed by atoms with Crippen LogP contribution in [0.15, 0.2) is 0 Å². The maximum absolute atomic E-state index is 11.8. The van der Waals surface area contributed by atoms with Crippen LogP contribution in [0.25, 0.3) is 0 Å². The van der Waals surface area contributed by atoms with E-state index in [0.29, 0.717) is 6.92 Å². The number of halogens is 3. The summed E-state index contributed by atoms with van der Waals surface area (Å²) < 4.78 is 49.1. The molecule has 0 saturated heterocycles. The van der Waals surface area contributed by atoms with Gasteiger partial charge in [-0.2, -0.15) is 13.2 Å². The van der Waals surface area contributed by atoms with E-state index < -0.39 is 25.6 Å². The quantitative estimate of drug-likeness (QED) is 0.528. The molecule has 0 saturated carbocycles. The molecule has 0 amide bonds. The lowest BCUT2D eigenvalue weighted by atomic mass is 10.7. The summed E-state index contributed by atoms with van der Waals surface area (Å²) in [5, 5.41) is 0. The average Bonchev–Trinajstić information content (AvgIpc) is 1.77. The Hall–Kier alpha value is -0.590. The Balaban J connectivity index is 4.79. The normalized spacial score (nSPS) is 15.2. The van der Waals surface area contributed by atoms with Crippen molar-refractivity contribution in [1.29, 1.82) is 0 Å². The van der Waals surface area contributed by atoms with Gasteiger partial charge in [-0.1, -0.05) is 0 Å². The maximum atomic E-state index is 11.8. The minimum Gasteiger partial charge on any atom is -0.440 e. The first kappa shape index (κ1) is 12.4. The van der Waals surface area contributed by atoms with Crippen molar-refractivity contribution in [2.45, 2.75) is 18.9 Å². The SMILES string of the molecule is CC(=O)OC(C(F)(F)F)P(=O)(O)O. The Morgan fingerprint density at radius 1 is 1.46 bits per heavy atom. The van der Waals surface area contributed by atoms with Gasteiger partial charge in [-0.05, 0) is 0 Å². The molecule has 0 heterocycles. The van der Waals surface area contributed by atoms with Gasteiger partial charge in [0, 0.05) is 6.92 Å². The molecule has 0 radical (unpaired) electrons. The van der Waals surface area contributed by atoms with E-state index in [4.69, 9.17) is 9.79 Å². The van der Waals surface area contributed by atoms with Gasteiger partial charge in [0.1, 0.15) is 0 Å². The van der Waals surface area contributed by atoms with Gasteiger partial charge in [-0.15, -0.1) is 0 Å². The predicted octanol–water partition coefficient (Wildman–Crippen LogP) is 0.616. The monoisotopic (exact) mass is 222 g/mol. The fourth-order valence-electron chi connectivity index (χ4n) is 0.483. The highest BCUT2D eigenvalue weighted by Crippen LogP contribution is 2.49. The van der Waals surface area contributed by atoms with Crippen molar-refractivity contribution in [3.8, 4) is 0 Å². The van der Waals surface area contributed by atoms with E-state index in [1.807, 2.05) is 0 Å². The average molecular weight is 222 g/mol. The summed E-state index contributed by atoms with van der Waals surface area (Å²) in [5.74, 6) is -4.79. The zero-order chi connectivity index (χ0) is 10.9. The highest BCUT2D eigenvalue weighted by molar-refractivity contribution is 7.52. The lowest BCUT2D eigenvalue weighted by Crippen LogP contribution is -2.33. The van der Waals surface area contributed by atoms with Crippen LogP contribution in [0.4, 0.5) is 13.2 Å². The summed E-state index contributed by atoms with van der Waals surface area (Å²) in [4.78, 5) is 26.4. The second-order valence-electron chi connectivity index (χ2n) is 2.09. The molecule has 0 aromatic rings. The Kier molecular flexibility index (Phi) is 3.48. The van der Waals surface area contributed by atoms with Gasteiger partial charge in [0.15, 0.2) is 0 Å². The molecule has 0 bridgehead atoms. The summed E-state index contributed by atoms with van der Waals surface area (Å²) in [7, 11) is -5.52. The van der Waals surface area contributed by atoms with Crippen molar-refractivity contribution in [1.82, 2.24) is 0 Å². The molecule has 0 aromatic heterocycles. The van der Waals surface area contributed by atoms with Gasteiger partial charge in [0.05, 0.1) is 0 Å². The summed E-state index contributed by atoms with van der Waals surface area (Å²) >= 11 is 0. The molecule has 9 heteroatoms. The van der Waals surface area contributed by atoms with Crippen molar-refractivity contribution in [3.63, 3.8) is 0 Å². The number of hydrogen-bond acceptors (Lipinski definition) is 3. The van der Waals surface area contributed by atoms with E-state index in [1.165, 1.54) is 0 Å². The highest BCUT2D eigenvalue weighted by atomic mass is 31.2. The molecule has 0 aliphatic carbocycles. The zero-order valence-electron chi connectivity index (χ0n) is 6.28. The second-order valence-corrected chi connectivity index (χ2v) is 3.74. The van der Waals surface area contributed by atoms with E-state index in [1.54, 1.807) is 0 Å². The Labute approximate surface area is 70.7 Å². The number of rotatable bonds is 2. The van der Waals surface area contributed by atoms with Crippen molar-refractivity contribution in [2.75, 3.05) is 0 Å². The van der Waals surface area contributed by atoms with Crippen LogP contribution in [-0.2, 0) is 14.1 Å². The number of carbonyl (C=O) groups excluding carboxylic acids is 1. The number of carbonyl (C=O) groups is 1. The number of esters is 1. The molecular weight excluding hydrogens is 216 g/mol. The van der Waals surface area contributed by atoms with Crippen LogP contribution in [0.2, 0.25) is 0 Å². The molecule has 5 nitrogen and oxygen atoms in total. The van der Waals surface area contributed by atoms with E-state index in [2.05, 4.69) is 4.74 Å². The van der Waals surface area contributed by atoms with Crippen LogP contribution in [0.5, 0.6) is 0 Å².